The number of nitrogens with zero attached hydrogens (tertiary/aromatic N) is 2. The molecule has 0 unspecified atom stereocenters. The fraction of sp³-hybridized carbons (Fsp3) is 0.0870. The van der Waals surface area contributed by atoms with Gasteiger partial charge in [0.2, 0.25) is 5.82 Å². The van der Waals surface area contributed by atoms with Gasteiger partial charge in [0.1, 0.15) is 28.6 Å². The minimum Gasteiger partial charge on any atom is -0.481 e. The summed E-state index contributed by atoms with van der Waals surface area (Å²) in [5.74, 6) is -3.14. The van der Waals surface area contributed by atoms with Crippen molar-refractivity contribution in [2.75, 3.05) is 0 Å². The quantitative estimate of drug-likeness (QED) is 0.377. The smallest absolute Gasteiger partial charge is 0.420 e. The van der Waals surface area contributed by atoms with E-state index >= 15 is 0 Å². The molecule has 4 aromatic rings. The van der Waals surface area contributed by atoms with E-state index in [0.29, 0.717) is 11.1 Å². The molecule has 0 aliphatic rings. The number of aromatic nitrogens is 2. The number of ether oxygens (including phenoxy) is 2. The van der Waals surface area contributed by atoms with E-state index in [2.05, 4.69) is 4.98 Å². The van der Waals surface area contributed by atoms with Crippen molar-refractivity contribution in [3.63, 3.8) is 0 Å². The Morgan fingerprint density at radius 2 is 1.68 bits per heavy atom. The minimum atomic E-state index is -4.78. The second kappa shape index (κ2) is 8.77. The summed E-state index contributed by atoms with van der Waals surface area (Å²) in [5, 5.41) is 18.1. The number of hydrogen-bond donors (Lipinski definition) is 2. The Hall–Kier alpha value is -4.54. The van der Waals surface area contributed by atoms with Gasteiger partial charge in [0.15, 0.2) is 0 Å². The van der Waals surface area contributed by atoms with Crippen LogP contribution in [-0.2, 0) is 17.4 Å². The molecule has 2 heterocycles. The predicted molar refractivity (Wildman–Crippen MR) is 112 cm³/mol. The summed E-state index contributed by atoms with van der Waals surface area (Å²) >= 11 is 0. The molecule has 4 rings (SSSR count). The molecule has 0 amide bonds. The SMILES string of the molecule is O=C(O)Cc1cccc(Oc2ccc(Oc3ccc4cnc(C(=O)O)n4c3)cc2C(F)(F)F)c1. The highest BCUT2D eigenvalue weighted by Gasteiger charge is 2.35. The molecule has 8 nitrogen and oxygen atoms in total. The Morgan fingerprint density at radius 1 is 0.941 bits per heavy atom. The van der Waals surface area contributed by atoms with Crippen molar-refractivity contribution in [3.8, 4) is 23.0 Å². The number of carboxylic acids is 2. The third-order valence-electron chi connectivity index (χ3n) is 4.67. The van der Waals surface area contributed by atoms with Gasteiger partial charge in [-0.1, -0.05) is 12.1 Å². The van der Waals surface area contributed by atoms with Gasteiger partial charge in [0, 0.05) is 0 Å². The Balaban J connectivity index is 1.64. The van der Waals surface area contributed by atoms with Crippen LogP contribution in [0.4, 0.5) is 13.2 Å². The number of carboxylic acid groups (broad SMARTS) is 2. The van der Waals surface area contributed by atoms with Gasteiger partial charge in [0.25, 0.3) is 0 Å². The van der Waals surface area contributed by atoms with E-state index in [1.807, 2.05) is 0 Å². The zero-order valence-electron chi connectivity index (χ0n) is 17.1. The van der Waals surface area contributed by atoms with Crippen molar-refractivity contribution in [2.24, 2.45) is 0 Å². The maximum absolute atomic E-state index is 13.7. The van der Waals surface area contributed by atoms with Gasteiger partial charge in [-0.2, -0.15) is 13.2 Å². The van der Waals surface area contributed by atoms with Crippen LogP contribution < -0.4 is 9.47 Å². The number of aliphatic carboxylic acids is 1. The average molecular weight is 472 g/mol. The molecule has 0 spiro atoms. The number of alkyl halides is 3. The molecule has 0 saturated carbocycles. The van der Waals surface area contributed by atoms with E-state index in [9.17, 15) is 27.9 Å². The van der Waals surface area contributed by atoms with Crippen molar-refractivity contribution in [2.45, 2.75) is 12.6 Å². The molecule has 0 saturated heterocycles. The molecule has 0 bridgehead atoms. The van der Waals surface area contributed by atoms with Gasteiger partial charge < -0.3 is 19.7 Å². The molecule has 34 heavy (non-hydrogen) atoms. The largest absolute Gasteiger partial charge is 0.481 e. The van der Waals surface area contributed by atoms with Gasteiger partial charge in [-0.3, -0.25) is 9.20 Å². The van der Waals surface area contributed by atoms with Crippen LogP contribution in [0.2, 0.25) is 0 Å². The topological polar surface area (TPSA) is 110 Å². The van der Waals surface area contributed by atoms with E-state index in [0.717, 1.165) is 12.1 Å². The predicted octanol–water partition coefficient (Wildman–Crippen LogP) is 5.26. The van der Waals surface area contributed by atoms with E-state index in [4.69, 9.17) is 14.6 Å². The lowest BCUT2D eigenvalue weighted by Gasteiger charge is -2.16. The maximum Gasteiger partial charge on any atom is 0.420 e. The summed E-state index contributed by atoms with van der Waals surface area (Å²) in [6.07, 6.45) is -2.44. The minimum absolute atomic E-state index is 0.0460. The first-order valence-electron chi connectivity index (χ1n) is 9.68. The Morgan fingerprint density at radius 3 is 2.38 bits per heavy atom. The lowest BCUT2D eigenvalue weighted by atomic mass is 10.1. The molecule has 2 aromatic heterocycles. The lowest BCUT2D eigenvalue weighted by molar-refractivity contribution is -0.138. The van der Waals surface area contributed by atoms with Gasteiger partial charge >= 0.3 is 18.1 Å². The number of aromatic carboxylic acids is 1. The van der Waals surface area contributed by atoms with E-state index < -0.39 is 29.4 Å². The van der Waals surface area contributed by atoms with Crippen LogP contribution in [0.25, 0.3) is 5.52 Å². The summed E-state index contributed by atoms with van der Waals surface area (Å²) in [4.78, 5) is 25.9. The van der Waals surface area contributed by atoms with E-state index in [-0.39, 0.29) is 29.5 Å². The fourth-order valence-corrected chi connectivity index (χ4v) is 3.23. The van der Waals surface area contributed by atoms with Crippen LogP contribution >= 0.6 is 0 Å². The summed E-state index contributed by atoms with van der Waals surface area (Å²) in [7, 11) is 0. The molecular weight excluding hydrogens is 457 g/mol. The van der Waals surface area contributed by atoms with Crippen molar-refractivity contribution >= 4 is 17.5 Å². The van der Waals surface area contributed by atoms with Crippen LogP contribution in [0.5, 0.6) is 23.0 Å². The molecule has 0 fully saturated rings. The van der Waals surface area contributed by atoms with Crippen molar-refractivity contribution < 1.29 is 42.4 Å². The Labute approximate surface area is 189 Å². The second-order valence-electron chi connectivity index (χ2n) is 7.12. The molecule has 174 valence electrons. The third kappa shape index (κ3) is 4.93. The maximum atomic E-state index is 13.7. The van der Waals surface area contributed by atoms with Gasteiger partial charge in [-0.05, 0) is 48.0 Å². The number of imidazole rings is 1. The molecule has 2 aromatic carbocycles. The first kappa shape index (κ1) is 22.6. The summed E-state index contributed by atoms with van der Waals surface area (Å²) in [6, 6.07) is 11.9. The van der Waals surface area contributed by atoms with Gasteiger partial charge in [0.05, 0.1) is 24.3 Å². The lowest BCUT2D eigenvalue weighted by Crippen LogP contribution is -2.08. The summed E-state index contributed by atoms with van der Waals surface area (Å²) in [6.45, 7) is 0. The number of fused-ring (bicyclic) bond motifs is 1. The number of rotatable bonds is 7. The van der Waals surface area contributed by atoms with E-state index in [1.165, 1.54) is 59.3 Å². The van der Waals surface area contributed by atoms with E-state index in [1.54, 1.807) is 0 Å². The standard InChI is InChI=1S/C23H15F3N2O6/c24-23(25,26)18-10-16(33-17-5-4-14-11-27-21(22(31)32)28(14)12-17)6-7-19(18)34-15-3-1-2-13(8-15)9-20(29)30/h1-8,10-12H,9H2,(H,29,30)(H,31,32). The monoisotopic (exact) mass is 472 g/mol. The second-order valence-corrected chi connectivity index (χ2v) is 7.12. The highest BCUT2D eigenvalue weighted by atomic mass is 19.4. The van der Waals surface area contributed by atoms with Crippen LogP contribution in [0.3, 0.4) is 0 Å². The van der Waals surface area contributed by atoms with Crippen molar-refractivity contribution in [3.05, 3.63) is 83.9 Å². The molecule has 2 N–H and O–H groups in total. The highest BCUT2D eigenvalue weighted by molar-refractivity contribution is 5.85. The molecule has 0 aliphatic carbocycles. The third-order valence-corrected chi connectivity index (χ3v) is 4.67. The van der Waals surface area contributed by atoms with Crippen molar-refractivity contribution in [1.29, 1.82) is 0 Å². The Bertz CT molecular complexity index is 1400. The molecular formula is C23H15F3N2O6. The van der Waals surface area contributed by atoms with Crippen LogP contribution in [0.1, 0.15) is 21.7 Å². The van der Waals surface area contributed by atoms with Crippen LogP contribution in [0.15, 0.2) is 67.0 Å². The number of carbonyl (C=O) groups is 2. The van der Waals surface area contributed by atoms with Crippen molar-refractivity contribution in [1.82, 2.24) is 9.38 Å². The zero-order valence-corrected chi connectivity index (χ0v) is 17.1. The molecule has 0 radical (unpaired) electrons. The van der Waals surface area contributed by atoms with Crippen LogP contribution in [-0.4, -0.2) is 31.5 Å². The van der Waals surface area contributed by atoms with Crippen LogP contribution in [0, 0.1) is 0 Å². The number of hydrogen-bond acceptors (Lipinski definition) is 5. The molecule has 0 atom stereocenters. The highest BCUT2D eigenvalue weighted by Crippen LogP contribution is 2.41. The summed E-state index contributed by atoms with van der Waals surface area (Å²) in [5.41, 5.74) is -0.271. The fourth-order valence-electron chi connectivity index (χ4n) is 3.23. The number of halogens is 3. The normalized spacial score (nSPS) is 11.4. The Kier molecular flexibility index (Phi) is 5.84. The van der Waals surface area contributed by atoms with Gasteiger partial charge in [-0.15, -0.1) is 0 Å². The first-order valence-corrected chi connectivity index (χ1v) is 9.68. The number of benzene rings is 2. The average Bonchev–Trinajstić information content (AvgIpc) is 3.17. The van der Waals surface area contributed by atoms with Gasteiger partial charge in [-0.25, -0.2) is 9.78 Å². The molecule has 0 aliphatic heterocycles. The zero-order chi connectivity index (χ0) is 24.5. The molecule has 11 heteroatoms. The summed E-state index contributed by atoms with van der Waals surface area (Å²) < 4.78 is 53.4. The first-order chi connectivity index (χ1) is 16.1. The number of pyridine rings is 1.